The maximum atomic E-state index is 12.7. The lowest BCUT2D eigenvalue weighted by Gasteiger charge is -2.26. The van der Waals surface area contributed by atoms with Gasteiger partial charge in [0.15, 0.2) is 0 Å². The predicted molar refractivity (Wildman–Crippen MR) is 164 cm³/mol. The second-order valence-electron chi connectivity index (χ2n) is 9.49. The van der Waals surface area contributed by atoms with Crippen LogP contribution in [0.1, 0.15) is 44.4 Å². The molecule has 1 aliphatic heterocycles. The van der Waals surface area contributed by atoms with Crippen LogP contribution in [0.3, 0.4) is 0 Å². The number of allylic oxidation sites excluding steroid dienone is 2. The lowest BCUT2D eigenvalue weighted by Crippen LogP contribution is -2.35. The summed E-state index contributed by atoms with van der Waals surface area (Å²) in [6.07, 6.45) is 4.50. The average molecular weight is 642 g/mol. The van der Waals surface area contributed by atoms with Crippen LogP contribution < -0.4 is 16.6 Å². The standard InChI is InChI=1S/C27H36N3O9PS2/c1-19(41)28-15-10-5-3-4-9-13-21-24(39-40(34,42)35-2)22(38-25(21)30-16-14-23(31)29-26(30)32)18-37-27(33)36-17-20-11-7-6-8-12-20/h4,6-9,11-12,14,16,21-22,24-25H,3,5,10,13,15,17-18H2,1-2H3,(H,28,41)(H,34,42)(H,29,31,32)/b9-4+/t21-,22+,24?,25+,40?/m0/s1. The van der Waals surface area contributed by atoms with E-state index in [1.54, 1.807) is 12.1 Å². The van der Waals surface area contributed by atoms with E-state index in [0.717, 1.165) is 36.4 Å². The second-order valence-corrected chi connectivity index (χ2v) is 13.0. The molecule has 0 amide bonds. The smallest absolute Gasteiger partial charge is 0.431 e. The van der Waals surface area contributed by atoms with Crippen LogP contribution >= 0.6 is 18.9 Å². The van der Waals surface area contributed by atoms with Gasteiger partial charge in [-0.05, 0) is 50.0 Å². The number of aromatic nitrogens is 2. The van der Waals surface area contributed by atoms with Crippen LogP contribution in [0.25, 0.3) is 0 Å². The molecule has 1 saturated heterocycles. The molecule has 5 atom stereocenters. The maximum absolute atomic E-state index is 12.7. The fraction of sp³-hybridized carbons (Fsp3) is 0.481. The summed E-state index contributed by atoms with van der Waals surface area (Å²) in [4.78, 5) is 50.3. The maximum Gasteiger partial charge on any atom is 0.508 e. The molecule has 12 nitrogen and oxygen atoms in total. The molecule has 3 rings (SSSR count). The Morgan fingerprint density at radius 1 is 1.19 bits per heavy atom. The normalized spacial score (nSPS) is 21.6. The van der Waals surface area contributed by atoms with Crippen LogP contribution in [0.5, 0.6) is 0 Å². The number of rotatable bonds is 15. The Morgan fingerprint density at radius 2 is 1.95 bits per heavy atom. The van der Waals surface area contributed by atoms with Gasteiger partial charge < -0.3 is 33.5 Å². The first-order valence-electron chi connectivity index (χ1n) is 13.4. The number of benzene rings is 1. The van der Waals surface area contributed by atoms with Gasteiger partial charge in [-0.25, -0.2) is 9.59 Å². The molecule has 1 fully saturated rings. The third-order valence-electron chi connectivity index (χ3n) is 6.39. The average Bonchev–Trinajstić information content (AvgIpc) is 3.28. The number of hydrogen-bond acceptors (Lipinski definition) is 10. The zero-order valence-corrected chi connectivity index (χ0v) is 25.9. The van der Waals surface area contributed by atoms with Crippen LogP contribution in [-0.4, -0.2) is 58.1 Å². The summed E-state index contributed by atoms with van der Waals surface area (Å²) in [5.74, 6) is -0.581. The molecule has 230 valence electrons. The number of carbonyl (C=O) groups is 1. The highest BCUT2D eigenvalue weighted by atomic mass is 32.5. The van der Waals surface area contributed by atoms with Crippen molar-refractivity contribution in [2.75, 3.05) is 20.3 Å². The number of aromatic amines is 1. The summed E-state index contributed by atoms with van der Waals surface area (Å²) >= 11 is 10.1. The third-order valence-corrected chi connectivity index (χ3v) is 8.21. The van der Waals surface area contributed by atoms with Gasteiger partial charge in [0.2, 0.25) is 0 Å². The number of nitrogens with zero attached hydrogens (tertiary/aromatic N) is 1. The van der Waals surface area contributed by atoms with Gasteiger partial charge in [0.1, 0.15) is 31.6 Å². The van der Waals surface area contributed by atoms with Crippen molar-refractivity contribution in [3.8, 4) is 0 Å². The number of H-pyrrole nitrogens is 1. The first-order valence-corrected chi connectivity index (χ1v) is 16.4. The number of thiocarbonyl (C=S) groups is 1. The topological polar surface area (TPSA) is 150 Å². The summed E-state index contributed by atoms with van der Waals surface area (Å²) in [6.45, 7) is -1.39. The number of unbranched alkanes of at least 4 members (excludes halogenated alkanes) is 2. The Labute approximate surface area is 254 Å². The van der Waals surface area contributed by atoms with Gasteiger partial charge in [-0.3, -0.25) is 14.3 Å². The molecule has 15 heteroatoms. The number of carbonyl (C=O) groups excluding carboxylic acids is 1. The van der Waals surface area contributed by atoms with Gasteiger partial charge in [-0.15, -0.1) is 0 Å². The summed E-state index contributed by atoms with van der Waals surface area (Å²) in [5, 5.41) is 3.12. The zero-order chi connectivity index (χ0) is 30.5. The Bertz CT molecular complexity index is 1370. The fourth-order valence-corrected chi connectivity index (χ4v) is 5.44. The quantitative estimate of drug-likeness (QED) is 0.0856. The highest BCUT2D eigenvalue weighted by Crippen LogP contribution is 2.50. The molecule has 0 radical (unpaired) electrons. The number of hydrogen-bond donors (Lipinski definition) is 3. The van der Waals surface area contributed by atoms with E-state index < -0.39 is 48.5 Å². The van der Waals surface area contributed by atoms with Crippen molar-refractivity contribution in [3.05, 3.63) is 81.1 Å². The van der Waals surface area contributed by atoms with Crippen LogP contribution in [0.4, 0.5) is 4.79 Å². The molecule has 2 aromatic rings. The van der Waals surface area contributed by atoms with Gasteiger partial charge in [0.25, 0.3) is 5.56 Å². The molecule has 2 unspecified atom stereocenters. The van der Waals surface area contributed by atoms with Gasteiger partial charge >= 0.3 is 18.6 Å². The monoisotopic (exact) mass is 641 g/mol. The van der Waals surface area contributed by atoms with Gasteiger partial charge in [-0.2, -0.15) is 0 Å². The second kappa shape index (κ2) is 16.8. The van der Waals surface area contributed by atoms with E-state index in [0.29, 0.717) is 6.42 Å². The first kappa shape index (κ1) is 33.8. The van der Waals surface area contributed by atoms with E-state index in [4.69, 9.17) is 47.3 Å². The van der Waals surface area contributed by atoms with E-state index in [-0.39, 0.29) is 13.2 Å². The fourth-order valence-electron chi connectivity index (χ4n) is 4.35. The minimum atomic E-state index is -3.71. The lowest BCUT2D eigenvalue weighted by atomic mass is 9.95. The van der Waals surface area contributed by atoms with Crippen LogP contribution in [0.15, 0.2) is 64.3 Å². The van der Waals surface area contributed by atoms with E-state index in [2.05, 4.69) is 10.3 Å². The van der Waals surface area contributed by atoms with Crippen LogP contribution in [-0.2, 0) is 41.7 Å². The van der Waals surface area contributed by atoms with Crippen molar-refractivity contribution < 1.29 is 32.9 Å². The largest absolute Gasteiger partial charge is 0.508 e. The Kier molecular flexibility index (Phi) is 13.5. The van der Waals surface area contributed by atoms with E-state index in [1.165, 1.54) is 23.9 Å². The molecule has 1 aliphatic rings. The molecule has 0 bridgehead atoms. The minimum absolute atomic E-state index is 0.0102. The number of ether oxygens (including phenoxy) is 3. The molecule has 2 heterocycles. The lowest BCUT2D eigenvalue weighted by molar-refractivity contribution is -0.0593. The Morgan fingerprint density at radius 3 is 2.64 bits per heavy atom. The summed E-state index contributed by atoms with van der Waals surface area (Å²) in [6, 6.07) is 10.3. The molecular weight excluding hydrogens is 605 g/mol. The molecule has 1 aromatic carbocycles. The summed E-state index contributed by atoms with van der Waals surface area (Å²) in [5.41, 5.74) is -0.480. The van der Waals surface area contributed by atoms with Crippen LogP contribution in [0, 0.1) is 5.92 Å². The summed E-state index contributed by atoms with van der Waals surface area (Å²) in [7, 11) is 1.22. The Hall–Kier alpha value is -2.71. The molecule has 0 saturated carbocycles. The highest BCUT2D eigenvalue weighted by Gasteiger charge is 2.48. The highest BCUT2D eigenvalue weighted by molar-refractivity contribution is 8.07. The van der Waals surface area contributed by atoms with Crippen molar-refractivity contribution in [1.29, 1.82) is 0 Å². The van der Waals surface area contributed by atoms with Crippen molar-refractivity contribution in [3.63, 3.8) is 0 Å². The van der Waals surface area contributed by atoms with Crippen LogP contribution in [0.2, 0.25) is 0 Å². The van der Waals surface area contributed by atoms with Crippen molar-refractivity contribution >= 4 is 41.9 Å². The summed E-state index contributed by atoms with van der Waals surface area (Å²) < 4.78 is 28.7. The van der Waals surface area contributed by atoms with E-state index >= 15 is 0 Å². The SMILES string of the molecule is COP(O)(=S)OC1[C@@H](COC(=O)OCc2ccccc2)O[C@@H](n2ccc(=O)[nH]c2=O)[C@H]1C/C=C/CCCCNC(C)=S. The van der Waals surface area contributed by atoms with Crippen molar-refractivity contribution in [2.45, 2.75) is 57.6 Å². The number of nitrogens with one attached hydrogen (secondary N) is 2. The molecule has 0 aliphatic carbocycles. The molecule has 1 aromatic heterocycles. The minimum Gasteiger partial charge on any atom is -0.431 e. The zero-order valence-electron chi connectivity index (χ0n) is 23.4. The molecule has 42 heavy (non-hydrogen) atoms. The third kappa shape index (κ3) is 10.8. The first-order chi connectivity index (χ1) is 20.1. The van der Waals surface area contributed by atoms with E-state index in [9.17, 15) is 19.3 Å². The van der Waals surface area contributed by atoms with Crippen molar-refractivity contribution in [1.82, 2.24) is 14.9 Å². The van der Waals surface area contributed by atoms with Gasteiger partial charge in [0.05, 0.1) is 4.99 Å². The molecule has 0 spiro atoms. The van der Waals surface area contributed by atoms with Gasteiger partial charge in [-0.1, -0.05) is 54.7 Å². The Balaban J connectivity index is 1.76. The van der Waals surface area contributed by atoms with E-state index in [1.807, 2.05) is 37.3 Å². The van der Waals surface area contributed by atoms with Gasteiger partial charge in [0, 0.05) is 31.8 Å². The van der Waals surface area contributed by atoms with Crippen molar-refractivity contribution in [2.24, 2.45) is 5.92 Å². The molecular formula is C27H36N3O9PS2. The molecule has 3 N–H and O–H groups in total. The predicted octanol–water partition coefficient (Wildman–Crippen LogP) is 3.71.